The molecular formula is C44H56NO14P. The third-order valence-corrected chi connectivity index (χ3v) is 13.0. The number of carbonyl (C=O) groups is 5. The van der Waals surface area contributed by atoms with E-state index in [4.69, 9.17) is 28.4 Å². The van der Waals surface area contributed by atoms with Crippen LogP contribution in [0.2, 0.25) is 0 Å². The van der Waals surface area contributed by atoms with Gasteiger partial charge in [0, 0.05) is 25.2 Å². The van der Waals surface area contributed by atoms with Gasteiger partial charge in [-0.2, -0.15) is 0 Å². The van der Waals surface area contributed by atoms with Crippen molar-refractivity contribution in [2.75, 3.05) is 13.0 Å². The highest BCUT2D eigenvalue weighted by Crippen LogP contribution is 2.64. The molecule has 0 spiro atoms. The van der Waals surface area contributed by atoms with Crippen LogP contribution in [0.25, 0.3) is 0 Å². The van der Waals surface area contributed by atoms with Crippen LogP contribution in [0.3, 0.4) is 0 Å². The molecule has 0 aromatic heterocycles. The average molecular weight is 854 g/mol. The van der Waals surface area contributed by atoms with E-state index in [1.807, 2.05) is 0 Å². The first kappa shape index (κ1) is 45.3. The highest BCUT2D eigenvalue weighted by atomic mass is 31.0. The van der Waals surface area contributed by atoms with Gasteiger partial charge in [0.1, 0.15) is 35.6 Å². The maximum absolute atomic E-state index is 15.5. The Bertz CT molecular complexity index is 2020. The molecule has 1 saturated heterocycles. The van der Waals surface area contributed by atoms with E-state index in [0.29, 0.717) is 11.1 Å². The molecule has 3 aliphatic carbocycles. The van der Waals surface area contributed by atoms with Gasteiger partial charge in [-0.15, -0.1) is 9.24 Å². The van der Waals surface area contributed by atoms with E-state index in [1.165, 1.54) is 26.0 Å². The molecule has 1 aliphatic heterocycles. The molecule has 326 valence electrons. The summed E-state index contributed by atoms with van der Waals surface area (Å²) >= 11 is 0. The number of alkyl carbamates (subject to hydrolysis) is 1. The SMILES string of the molecule is CC(=O)O[C@@]12CO[C@@H]1C[C@H](O)[C@@]1(C)C(=O)[C@H](OCP)C3=C(C)[C@@H](OC(=O)[C@H](O)C(NC(=O)OC(C)(C)C)c4ccccc4)C[C@@](O)([C@@H](OC(=O)c4ccccc4)[C@H]21)C3(C)C. The van der Waals surface area contributed by atoms with Crippen LogP contribution in [0.1, 0.15) is 90.2 Å². The minimum Gasteiger partial charge on any atom is -0.456 e. The summed E-state index contributed by atoms with van der Waals surface area (Å²) in [6.45, 7) is 12.3. The Morgan fingerprint density at radius 2 is 1.62 bits per heavy atom. The van der Waals surface area contributed by atoms with Crippen molar-refractivity contribution in [3.8, 4) is 0 Å². The number of amides is 1. The molecule has 1 amide bonds. The monoisotopic (exact) mass is 853 g/mol. The van der Waals surface area contributed by atoms with Gasteiger partial charge in [-0.1, -0.05) is 62.4 Å². The van der Waals surface area contributed by atoms with Crippen molar-refractivity contribution in [3.63, 3.8) is 0 Å². The van der Waals surface area contributed by atoms with E-state index >= 15 is 4.79 Å². The maximum atomic E-state index is 15.5. The summed E-state index contributed by atoms with van der Waals surface area (Å²) in [6, 6.07) is 14.9. The van der Waals surface area contributed by atoms with E-state index in [1.54, 1.807) is 90.1 Å². The number of hydrogen-bond acceptors (Lipinski definition) is 14. The number of aliphatic hydroxyl groups excluding tert-OH is 2. The Labute approximate surface area is 351 Å². The molecule has 2 aromatic rings. The lowest BCUT2D eigenvalue weighted by Gasteiger charge is -2.67. The van der Waals surface area contributed by atoms with Gasteiger partial charge in [0.05, 0.1) is 42.0 Å². The maximum Gasteiger partial charge on any atom is 0.408 e. The molecule has 3 fully saturated rings. The quantitative estimate of drug-likeness (QED) is 0.115. The van der Waals surface area contributed by atoms with Crippen molar-refractivity contribution in [1.29, 1.82) is 0 Å². The number of nitrogens with one attached hydrogen (secondary N) is 1. The van der Waals surface area contributed by atoms with Gasteiger partial charge in [0.15, 0.2) is 17.5 Å². The standard InChI is InChI=1S/C44H56NO14P/c1-23-27(56-38(51)32(48)31(25-15-11-9-12-16-25)45-39(52)59-40(3,4)5)20-44(53)36(57-37(50)26-17-13-10-14-18-26)34-42(8,35(49)33(55-22-60)30(23)41(44,6)7)28(47)19-29-43(34,21-54-29)58-24(2)46/h9-18,27-29,31-34,36,47-48,53H,19-22,60H2,1-8H3,(H,45,52)/t27-,28-,29+,31?,32+,33+,34-,36-,42+,43-,44+/m0/s1. The molecule has 4 N–H and O–H groups in total. The predicted octanol–water partition coefficient (Wildman–Crippen LogP) is 4.12. The fraction of sp³-hybridized carbons (Fsp3) is 0.568. The summed E-state index contributed by atoms with van der Waals surface area (Å²) in [7, 11) is 2.39. The van der Waals surface area contributed by atoms with E-state index in [0.717, 1.165) is 0 Å². The smallest absolute Gasteiger partial charge is 0.408 e. The van der Waals surface area contributed by atoms with Gasteiger partial charge in [-0.3, -0.25) is 9.59 Å². The third-order valence-electron chi connectivity index (χ3n) is 12.8. The van der Waals surface area contributed by atoms with Crippen molar-refractivity contribution in [3.05, 3.63) is 82.9 Å². The largest absolute Gasteiger partial charge is 0.456 e. The molecular weight excluding hydrogens is 797 g/mol. The van der Waals surface area contributed by atoms with Crippen LogP contribution in [0.5, 0.6) is 0 Å². The average Bonchev–Trinajstić information content (AvgIpc) is 3.17. The number of hydrogen-bond donors (Lipinski definition) is 4. The zero-order chi connectivity index (χ0) is 44.2. The highest BCUT2D eigenvalue weighted by Gasteiger charge is 2.78. The van der Waals surface area contributed by atoms with Crippen molar-refractivity contribution in [1.82, 2.24) is 5.32 Å². The van der Waals surface area contributed by atoms with Crippen LogP contribution in [-0.2, 0) is 42.8 Å². The molecule has 12 atom stereocenters. The van der Waals surface area contributed by atoms with E-state index < -0.39 is 112 Å². The van der Waals surface area contributed by atoms with Crippen LogP contribution < -0.4 is 5.32 Å². The van der Waals surface area contributed by atoms with Gasteiger partial charge in [0.25, 0.3) is 0 Å². The Hall–Kier alpha value is -4.24. The number of rotatable bonds is 10. The predicted molar refractivity (Wildman–Crippen MR) is 217 cm³/mol. The number of fused-ring (bicyclic) bond motifs is 5. The molecule has 1 heterocycles. The first-order chi connectivity index (χ1) is 28.0. The number of ether oxygens (including phenoxy) is 6. The van der Waals surface area contributed by atoms with Gasteiger partial charge in [-0.05, 0) is 63.5 Å². The number of carbonyl (C=O) groups excluding carboxylic acids is 5. The molecule has 2 aromatic carbocycles. The molecule has 0 radical (unpaired) electrons. The van der Waals surface area contributed by atoms with Crippen LogP contribution in [0.15, 0.2) is 71.8 Å². The lowest BCUT2D eigenvalue weighted by atomic mass is 9.44. The zero-order valence-electron chi connectivity index (χ0n) is 35.1. The molecule has 2 unspecified atom stereocenters. The fourth-order valence-electron chi connectivity index (χ4n) is 9.78. The van der Waals surface area contributed by atoms with Crippen LogP contribution in [-0.4, -0.2) is 111 Å². The van der Waals surface area contributed by atoms with Gasteiger partial charge in [0.2, 0.25) is 0 Å². The Balaban J connectivity index is 1.52. The molecule has 16 heteroatoms. The Kier molecular flexibility index (Phi) is 12.5. The molecule has 2 saturated carbocycles. The van der Waals surface area contributed by atoms with Crippen molar-refractivity contribution >= 4 is 39.0 Å². The number of ketones is 1. The fourth-order valence-corrected chi connectivity index (χ4v) is 9.97. The first-order valence-electron chi connectivity index (χ1n) is 20.0. The molecule has 4 aliphatic rings. The number of benzene rings is 2. The third kappa shape index (κ3) is 7.77. The molecule has 15 nitrogen and oxygen atoms in total. The second-order valence-electron chi connectivity index (χ2n) is 17.9. The minimum atomic E-state index is -2.28. The number of Topliss-reactive ketones (excluding diaryl/α,β-unsaturated/α-hetero) is 1. The Morgan fingerprint density at radius 3 is 2.17 bits per heavy atom. The molecule has 6 rings (SSSR count). The van der Waals surface area contributed by atoms with Gasteiger partial charge >= 0.3 is 24.0 Å². The topological polar surface area (TPSA) is 213 Å². The Morgan fingerprint density at radius 1 is 1.00 bits per heavy atom. The lowest BCUT2D eigenvalue weighted by Crippen LogP contribution is -2.81. The highest BCUT2D eigenvalue weighted by molar-refractivity contribution is 7.16. The van der Waals surface area contributed by atoms with Crippen LogP contribution in [0, 0.1) is 16.7 Å². The summed E-state index contributed by atoms with van der Waals surface area (Å²) in [5, 5.41) is 40.0. The number of esters is 3. The molecule has 2 bridgehead atoms. The van der Waals surface area contributed by atoms with E-state index in [9.17, 15) is 34.5 Å². The first-order valence-corrected chi connectivity index (χ1v) is 20.8. The summed E-state index contributed by atoms with van der Waals surface area (Å²) < 4.78 is 36.2. The summed E-state index contributed by atoms with van der Waals surface area (Å²) in [6.07, 6.45) is -10.6. The molecule has 60 heavy (non-hydrogen) atoms. The zero-order valence-corrected chi connectivity index (χ0v) is 36.3. The van der Waals surface area contributed by atoms with Gasteiger partial charge < -0.3 is 49.1 Å². The van der Waals surface area contributed by atoms with Crippen LogP contribution >= 0.6 is 9.24 Å². The second kappa shape index (κ2) is 16.6. The van der Waals surface area contributed by atoms with Gasteiger partial charge in [-0.25, -0.2) is 14.4 Å². The summed E-state index contributed by atoms with van der Waals surface area (Å²) in [5.41, 5.74) is -7.32. The summed E-state index contributed by atoms with van der Waals surface area (Å²) in [5.74, 6) is -4.91. The lowest BCUT2D eigenvalue weighted by molar-refractivity contribution is -0.346. The van der Waals surface area contributed by atoms with Crippen molar-refractivity contribution in [2.24, 2.45) is 16.7 Å². The van der Waals surface area contributed by atoms with Crippen molar-refractivity contribution in [2.45, 2.75) is 128 Å². The normalized spacial score (nSPS) is 33.0. The number of aliphatic hydroxyl groups is 3. The summed E-state index contributed by atoms with van der Waals surface area (Å²) in [4.78, 5) is 69.9. The van der Waals surface area contributed by atoms with Crippen molar-refractivity contribution < 1.29 is 67.7 Å². The van der Waals surface area contributed by atoms with E-state index in [-0.39, 0.29) is 30.5 Å². The van der Waals surface area contributed by atoms with E-state index in [2.05, 4.69) is 14.6 Å². The minimum absolute atomic E-state index is 0.0793. The second-order valence-corrected chi connectivity index (χ2v) is 18.2. The van der Waals surface area contributed by atoms with Crippen LogP contribution in [0.4, 0.5) is 4.79 Å².